The Morgan fingerprint density at radius 2 is 1.75 bits per heavy atom. The van der Waals surface area contributed by atoms with Crippen LogP contribution in [-0.2, 0) is 4.74 Å². The molecule has 0 radical (unpaired) electrons. The molecule has 1 N–H and O–H groups in total. The minimum Gasteiger partial charge on any atom is -0.453 e. The molecule has 0 bridgehead atoms. The van der Waals surface area contributed by atoms with Crippen molar-refractivity contribution in [3.05, 3.63) is 29.3 Å². The average molecular weight is 298 g/mol. The summed E-state index contributed by atoms with van der Waals surface area (Å²) in [5, 5.41) is 3.25. The molecule has 1 aliphatic rings. The smallest absolute Gasteiger partial charge is 0.409 e. The average Bonchev–Trinajstić information content (AvgIpc) is 2.49. The standard InChI is InChI=1S/C13H16ClN3O3/c1-20-13(19)17-8-6-16(7-9-17)12(18)15-11-5-3-2-4-10(11)14/h2-5H,6-9H2,1H3,(H,15,18). The second-order valence-electron chi connectivity index (χ2n) is 4.35. The highest BCUT2D eigenvalue weighted by atomic mass is 35.5. The van der Waals surface area contributed by atoms with Crippen LogP contribution in [0.3, 0.4) is 0 Å². The lowest BCUT2D eigenvalue weighted by Crippen LogP contribution is -2.51. The molecule has 0 aliphatic carbocycles. The van der Waals surface area contributed by atoms with Gasteiger partial charge in [0.25, 0.3) is 0 Å². The van der Waals surface area contributed by atoms with E-state index in [2.05, 4.69) is 10.1 Å². The Hall–Kier alpha value is -1.95. The number of carbonyl (C=O) groups is 2. The van der Waals surface area contributed by atoms with Crippen molar-refractivity contribution in [3.8, 4) is 0 Å². The van der Waals surface area contributed by atoms with Gasteiger partial charge in [-0.15, -0.1) is 0 Å². The maximum Gasteiger partial charge on any atom is 0.409 e. The van der Waals surface area contributed by atoms with Gasteiger partial charge in [0.1, 0.15) is 0 Å². The first-order valence-electron chi connectivity index (χ1n) is 6.25. The number of carbonyl (C=O) groups excluding carboxylic acids is 2. The molecule has 0 atom stereocenters. The van der Waals surface area contributed by atoms with E-state index in [1.165, 1.54) is 7.11 Å². The second-order valence-corrected chi connectivity index (χ2v) is 4.76. The Bertz CT molecular complexity index is 501. The summed E-state index contributed by atoms with van der Waals surface area (Å²) in [7, 11) is 1.35. The number of amides is 3. The van der Waals surface area contributed by atoms with Gasteiger partial charge in [0.05, 0.1) is 17.8 Å². The number of hydrogen-bond donors (Lipinski definition) is 1. The van der Waals surface area contributed by atoms with Crippen molar-refractivity contribution in [2.24, 2.45) is 0 Å². The van der Waals surface area contributed by atoms with E-state index in [1.54, 1.807) is 34.1 Å². The Morgan fingerprint density at radius 3 is 2.35 bits per heavy atom. The van der Waals surface area contributed by atoms with Crippen LogP contribution in [0, 0.1) is 0 Å². The molecule has 0 unspecified atom stereocenters. The van der Waals surface area contributed by atoms with Gasteiger partial charge in [0.2, 0.25) is 0 Å². The van der Waals surface area contributed by atoms with Gasteiger partial charge in [-0.3, -0.25) is 0 Å². The van der Waals surface area contributed by atoms with Crippen LogP contribution in [0.4, 0.5) is 15.3 Å². The molecule has 0 aromatic heterocycles. The molecule has 1 heterocycles. The van der Waals surface area contributed by atoms with Crippen molar-refractivity contribution in [1.82, 2.24) is 9.80 Å². The van der Waals surface area contributed by atoms with Crippen LogP contribution in [0.2, 0.25) is 5.02 Å². The van der Waals surface area contributed by atoms with Crippen molar-refractivity contribution in [2.75, 3.05) is 38.6 Å². The monoisotopic (exact) mass is 297 g/mol. The third kappa shape index (κ3) is 3.33. The SMILES string of the molecule is COC(=O)N1CCN(C(=O)Nc2ccccc2Cl)CC1. The summed E-state index contributed by atoms with van der Waals surface area (Å²) >= 11 is 5.99. The molecule has 7 heteroatoms. The number of benzene rings is 1. The lowest BCUT2D eigenvalue weighted by Gasteiger charge is -2.33. The van der Waals surface area contributed by atoms with E-state index in [4.69, 9.17) is 11.6 Å². The zero-order chi connectivity index (χ0) is 14.5. The summed E-state index contributed by atoms with van der Waals surface area (Å²) in [6.07, 6.45) is -0.365. The molecule has 0 spiro atoms. The predicted molar refractivity (Wildman–Crippen MR) is 76.0 cm³/mol. The van der Waals surface area contributed by atoms with Crippen molar-refractivity contribution >= 4 is 29.4 Å². The van der Waals surface area contributed by atoms with Crippen molar-refractivity contribution in [2.45, 2.75) is 0 Å². The van der Waals surface area contributed by atoms with E-state index < -0.39 is 0 Å². The normalized spacial score (nSPS) is 14.9. The molecule has 1 fully saturated rings. The summed E-state index contributed by atoms with van der Waals surface area (Å²) in [6.45, 7) is 1.85. The van der Waals surface area contributed by atoms with Crippen molar-refractivity contribution in [3.63, 3.8) is 0 Å². The summed E-state index contributed by atoms with van der Waals surface area (Å²) < 4.78 is 4.65. The first-order chi connectivity index (χ1) is 9.61. The predicted octanol–water partition coefficient (Wildman–Crippen LogP) is 2.26. The third-order valence-electron chi connectivity index (χ3n) is 3.12. The third-order valence-corrected chi connectivity index (χ3v) is 3.44. The molecule has 1 aromatic rings. The first-order valence-corrected chi connectivity index (χ1v) is 6.63. The van der Waals surface area contributed by atoms with E-state index in [0.717, 1.165) is 0 Å². The lowest BCUT2D eigenvalue weighted by molar-refractivity contribution is 0.0993. The number of piperazine rings is 1. The number of nitrogens with one attached hydrogen (secondary N) is 1. The number of anilines is 1. The quantitative estimate of drug-likeness (QED) is 0.865. The van der Waals surface area contributed by atoms with Crippen molar-refractivity contribution in [1.29, 1.82) is 0 Å². The van der Waals surface area contributed by atoms with E-state index in [9.17, 15) is 9.59 Å². The van der Waals surface area contributed by atoms with Crippen LogP contribution in [0.15, 0.2) is 24.3 Å². The van der Waals surface area contributed by atoms with Gasteiger partial charge >= 0.3 is 12.1 Å². The number of methoxy groups -OCH3 is 1. The lowest BCUT2D eigenvalue weighted by atomic mass is 10.3. The number of halogens is 1. The highest BCUT2D eigenvalue weighted by Crippen LogP contribution is 2.21. The molecule has 3 amide bonds. The number of urea groups is 1. The fraction of sp³-hybridized carbons (Fsp3) is 0.385. The largest absolute Gasteiger partial charge is 0.453 e. The van der Waals surface area contributed by atoms with E-state index in [0.29, 0.717) is 36.9 Å². The molecule has 0 saturated carbocycles. The highest BCUT2D eigenvalue weighted by Gasteiger charge is 2.24. The van der Waals surface area contributed by atoms with E-state index in [1.807, 2.05) is 0 Å². The summed E-state index contributed by atoms with van der Waals surface area (Å²) in [5.41, 5.74) is 0.578. The molecule has 2 rings (SSSR count). The maximum absolute atomic E-state index is 12.1. The number of rotatable bonds is 1. The van der Waals surface area contributed by atoms with Gasteiger partial charge in [-0.2, -0.15) is 0 Å². The van der Waals surface area contributed by atoms with Gasteiger partial charge in [0.15, 0.2) is 0 Å². The minimum absolute atomic E-state index is 0.220. The van der Waals surface area contributed by atoms with Crippen LogP contribution in [0.5, 0.6) is 0 Å². The summed E-state index contributed by atoms with van der Waals surface area (Å²) in [6, 6.07) is 6.84. The van der Waals surface area contributed by atoms with Gasteiger partial charge in [-0.25, -0.2) is 9.59 Å². The van der Waals surface area contributed by atoms with Crippen LogP contribution >= 0.6 is 11.6 Å². The summed E-state index contributed by atoms with van der Waals surface area (Å²) in [5.74, 6) is 0. The number of ether oxygens (including phenoxy) is 1. The summed E-state index contributed by atoms with van der Waals surface area (Å²) in [4.78, 5) is 26.6. The fourth-order valence-electron chi connectivity index (χ4n) is 1.98. The minimum atomic E-state index is -0.365. The molecule has 20 heavy (non-hydrogen) atoms. The Balaban J connectivity index is 1.89. The van der Waals surface area contributed by atoms with Crippen LogP contribution in [0.1, 0.15) is 0 Å². The van der Waals surface area contributed by atoms with Crippen LogP contribution < -0.4 is 5.32 Å². The fourth-order valence-corrected chi connectivity index (χ4v) is 2.16. The maximum atomic E-state index is 12.1. The molecular weight excluding hydrogens is 282 g/mol. The van der Waals surface area contributed by atoms with Crippen LogP contribution in [-0.4, -0.2) is 55.2 Å². The Morgan fingerprint density at radius 1 is 1.15 bits per heavy atom. The second kappa shape index (κ2) is 6.47. The molecular formula is C13H16ClN3O3. The van der Waals surface area contributed by atoms with Crippen LogP contribution in [0.25, 0.3) is 0 Å². The van der Waals surface area contributed by atoms with Gasteiger partial charge in [-0.1, -0.05) is 23.7 Å². The topological polar surface area (TPSA) is 61.9 Å². The zero-order valence-corrected chi connectivity index (χ0v) is 11.9. The molecule has 1 aliphatic heterocycles. The number of para-hydroxylation sites is 1. The molecule has 1 saturated heterocycles. The molecule has 108 valence electrons. The zero-order valence-electron chi connectivity index (χ0n) is 11.1. The highest BCUT2D eigenvalue weighted by molar-refractivity contribution is 6.33. The van der Waals surface area contributed by atoms with Gasteiger partial charge < -0.3 is 19.9 Å². The number of nitrogens with zero attached hydrogens (tertiary/aromatic N) is 2. The Kier molecular flexibility index (Phi) is 4.68. The van der Waals surface area contributed by atoms with Gasteiger partial charge in [0, 0.05) is 26.2 Å². The molecule has 1 aromatic carbocycles. The number of hydrogen-bond acceptors (Lipinski definition) is 3. The van der Waals surface area contributed by atoms with Gasteiger partial charge in [-0.05, 0) is 12.1 Å². The van der Waals surface area contributed by atoms with Crippen molar-refractivity contribution < 1.29 is 14.3 Å². The van der Waals surface area contributed by atoms with E-state index in [-0.39, 0.29) is 12.1 Å². The molecule has 6 nitrogen and oxygen atoms in total. The first kappa shape index (κ1) is 14.5. The van der Waals surface area contributed by atoms with E-state index >= 15 is 0 Å². The Labute approximate surface area is 122 Å².